The SMILES string of the molecule is COc1cc(-c2ccc3c(c2NC(=O)NSc2ccn(C4(CN(C)C)CCC4)n2)CCC3)ccn1. The summed E-state index contributed by atoms with van der Waals surface area (Å²) < 4.78 is 10.3. The Morgan fingerprint density at radius 3 is 2.80 bits per heavy atom. The molecule has 0 unspecified atom stereocenters. The minimum atomic E-state index is -0.265. The van der Waals surface area contributed by atoms with Crippen molar-refractivity contribution < 1.29 is 9.53 Å². The quantitative estimate of drug-likeness (QED) is 0.443. The second kappa shape index (κ2) is 9.91. The smallest absolute Gasteiger partial charge is 0.329 e. The highest BCUT2D eigenvalue weighted by molar-refractivity contribution is 7.97. The number of likely N-dealkylation sites (N-methyl/N-ethyl adjacent to an activating group) is 1. The van der Waals surface area contributed by atoms with E-state index in [1.165, 1.54) is 29.5 Å². The number of nitrogens with one attached hydrogen (secondary N) is 2. The Kier molecular flexibility index (Phi) is 6.71. The molecule has 1 fully saturated rings. The zero-order valence-electron chi connectivity index (χ0n) is 20.5. The van der Waals surface area contributed by atoms with Crippen molar-refractivity contribution in [3.63, 3.8) is 0 Å². The van der Waals surface area contributed by atoms with Gasteiger partial charge < -0.3 is 15.0 Å². The Morgan fingerprint density at radius 1 is 1.20 bits per heavy atom. The standard InChI is InChI=1S/C26H32N6O2S/c1-31(2)17-26(12-5-13-26)32-15-11-23(29-32)35-30-25(33)28-24-20-7-4-6-18(20)8-9-21(24)19-10-14-27-22(16-19)34-3/h8-11,14-16H,4-7,12-13,17H2,1-3H3,(H2,28,30,33). The molecule has 2 aliphatic carbocycles. The lowest BCUT2D eigenvalue weighted by molar-refractivity contribution is 0.0836. The van der Waals surface area contributed by atoms with E-state index in [4.69, 9.17) is 9.84 Å². The molecule has 0 radical (unpaired) electrons. The fourth-order valence-electron chi connectivity index (χ4n) is 5.23. The van der Waals surface area contributed by atoms with Crippen LogP contribution in [0.4, 0.5) is 10.5 Å². The average Bonchev–Trinajstić information content (AvgIpc) is 3.50. The largest absolute Gasteiger partial charge is 0.481 e. The summed E-state index contributed by atoms with van der Waals surface area (Å²) in [6.45, 7) is 0.967. The monoisotopic (exact) mass is 492 g/mol. The first kappa shape index (κ1) is 23.7. The third-order valence-corrected chi connectivity index (χ3v) is 7.68. The number of nitrogens with zero attached hydrogens (tertiary/aromatic N) is 4. The van der Waals surface area contributed by atoms with Crippen LogP contribution in [0.1, 0.15) is 36.8 Å². The Hall–Kier alpha value is -3.04. The zero-order chi connectivity index (χ0) is 24.4. The molecule has 2 amide bonds. The summed E-state index contributed by atoms with van der Waals surface area (Å²) in [5.41, 5.74) is 5.35. The van der Waals surface area contributed by atoms with Gasteiger partial charge in [0.25, 0.3) is 0 Å². The predicted octanol–water partition coefficient (Wildman–Crippen LogP) is 4.71. The maximum absolute atomic E-state index is 13.0. The first-order valence-corrected chi connectivity index (χ1v) is 12.9. The number of anilines is 1. The molecule has 9 heteroatoms. The number of methoxy groups -OCH3 is 1. The van der Waals surface area contributed by atoms with Crippen molar-refractivity contribution in [2.45, 2.75) is 49.1 Å². The molecule has 0 saturated heterocycles. The molecule has 0 spiro atoms. The normalized spacial score (nSPS) is 16.0. The van der Waals surface area contributed by atoms with Crippen molar-refractivity contribution in [2.24, 2.45) is 0 Å². The van der Waals surface area contributed by atoms with Gasteiger partial charge >= 0.3 is 6.03 Å². The highest BCUT2D eigenvalue weighted by atomic mass is 32.2. The fraction of sp³-hybridized carbons (Fsp3) is 0.423. The van der Waals surface area contributed by atoms with E-state index in [0.29, 0.717) is 5.88 Å². The van der Waals surface area contributed by atoms with Crippen LogP contribution < -0.4 is 14.8 Å². The lowest BCUT2D eigenvalue weighted by atomic mass is 9.76. The van der Waals surface area contributed by atoms with Gasteiger partial charge in [0.1, 0.15) is 5.03 Å². The maximum atomic E-state index is 13.0. The number of urea groups is 1. The molecule has 184 valence electrons. The molecule has 1 saturated carbocycles. The van der Waals surface area contributed by atoms with Crippen LogP contribution in [-0.2, 0) is 18.4 Å². The maximum Gasteiger partial charge on any atom is 0.329 e. The van der Waals surface area contributed by atoms with Crippen molar-refractivity contribution in [3.05, 3.63) is 53.9 Å². The average molecular weight is 493 g/mol. The molecule has 0 aliphatic heterocycles. The molecule has 5 rings (SSSR count). The topological polar surface area (TPSA) is 84.3 Å². The third-order valence-electron chi connectivity index (χ3n) is 6.97. The van der Waals surface area contributed by atoms with E-state index in [9.17, 15) is 4.79 Å². The number of carbonyl (C=O) groups excluding carboxylic acids is 1. The van der Waals surface area contributed by atoms with Crippen LogP contribution in [0.3, 0.4) is 0 Å². The molecule has 8 nitrogen and oxygen atoms in total. The number of hydrogen-bond donors (Lipinski definition) is 2. The van der Waals surface area contributed by atoms with Crippen LogP contribution in [0.15, 0.2) is 47.8 Å². The van der Waals surface area contributed by atoms with Crippen LogP contribution in [0.25, 0.3) is 11.1 Å². The number of carbonyl (C=O) groups is 1. The molecule has 0 bridgehead atoms. The molecule has 2 aliphatic rings. The molecule has 0 atom stereocenters. The van der Waals surface area contributed by atoms with E-state index >= 15 is 0 Å². The van der Waals surface area contributed by atoms with Crippen molar-refractivity contribution in [1.82, 2.24) is 24.4 Å². The lowest BCUT2D eigenvalue weighted by Gasteiger charge is -2.43. The number of amides is 2. The molecule has 1 aromatic carbocycles. The summed E-state index contributed by atoms with van der Waals surface area (Å²) in [6.07, 6.45) is 10.3. The first-order valence-electron chi connectivity index (χ1n) is 12.1. The Balaban J connectivity index is 1.31. The van der Waals surface area contributed by atoms with E-state index in [-0.39, 0.29) is 11.6 Å². The summed E-state index contributed by atoms with van der Waals surface area (Å²) >= 11 is 1.24. The molecular weight excluding hydrogens is 460 g/mol. The molecule has 2 N–H and O–H groups in total. The predicted molar refractivity (Wildman–Crippen MR) is 139 cm³/mol. The third kappa shape index (κ3) is 4.88. The van der Waals surface area contributed by atoms with Crippen LogP contribution >= 0.6 is 11.9 Å². The summed E-state index contributed by atoms with van der Waals surface area (Å²) in [4.78, 5) is 19.4. The number of aromatic nitrogens is 3. The van der Waals surface area contributed by atoms with Gasteiger partial charge in [-0.3, -0.25) is 9.40 Å². The molecule has 35 heavy (non-hydrogen) atoms. The number of hydrogen-bond acceptors (Lipinski definition) is 6. The van der Waals surface area contributed by atoms with Gasteiger partial charge in [-0.1, -0.05) is 12.1 Å². The number of benzene rings is 1. The second-order valence-electron chi connectivity index (χ2n) is 9.64. The number of ether oxygens (including phenoxy) is 1. The van der Waals surface area contributed by atoms with Gasteiger partial charge in [0.2, 0.25) is 5.88 Å². The molecule has 2 heterocycles. The highest BCUT2D eigenvalue weighted by Crippen LogP contribution is 2.40. The van der Waals surface area contributed by atoms with Crippen molar-refractivity contribution >= 4 is 23.7 Å². The summed E-state index contributed by atoms with van der Waals surface area (Å²) in [5, 5.41) is 8.68. The van der Waals surface area contributed by atoms with Gasteiger partial charge in [0, 0.05) is 42.5 Å². The van der Waals surface area contributed by atoms with Crippen LogP contribution in [0.5, 0.6) is 5.88 Å². The van der Waals surface area contributed by atoms with Crippen molar-refractivity contribution in [1.29, 1.82) is 0 Å². The van der Waals surface area contributed by atoms with Gasteiger partial charge in [-0.2, -0.15) is 5.10 Å². The zero-order valence-corrected chi connectivity index (χ0v) is 21.3. The van der Waals surface area contributed by atoms with Gasteiger partial charge in [-0.25, -0.2) is 9.78 Å². The van der Waals surface area contributed by atoms with Crippen molar-refractivity contribution in [2.75, 3.05) is 33.1 Å². The van der Waals surface area contributed by atoms with Gasteiger partial charge in [0.15, 0.2) is 0 Å². The van der Waals surface area contributed by atoms with Crippen molar-refractivity contribution in [3.8, 4) is 17.0 Å². The lowest BCUT2D eigenvalue weighted by Crippen LogP contribution is -2.48. The molecule has 2 aromatic heterocycles. The van der Waals surface area contributed by atoms with E-state index in [1.54, 1.807) is 13.3 Å². The molecular formula is C26H32N6O2S. The Morgan fingerprint density at radius 2 is 2.06 bits per heavy atom. The summed E-state index contributed by atoms with van der Waals surface area (Å²) in [5.74, 6) is 0.544. The van der Waals surface area contributed by atoms with Gasteiger partial charge in [0.05, 0.1) is 18.3 Å². The fourth-order valence-corrected chi connectivity index (χ4v) is 5.74. The number of pyridine rings is 1. The molecule has 3 aromatic rings. The minimum Gasteiger partial charge on any atom is -0.481 e. The number of rotatable bonds is 8. The number of aryl methyl sites for hydroxylation is 1. The van der Waals surface area contributed by atoms with E-state index < -0.39 is 0 Å². The number of fused-ring (bicyclic) bond motifs is 1. The minimum absolute atomic E-state index is 0.0651. The van der Waals surface area contributed by atoms with Gasteiger partial charge in [-0.05, 0) is 81.4 Å². The van der Waals surface area contributed by atoms with E-state index in [0.717, 1.165) is 60.5 Å². The first-order chi connectivity index (χ1) is 17.0. The van der Waals surface area contributed by atoms with E-state index in [2.05, 4.69) is 50.8 Å². The van der Waals surface area contributed by atoms with Crippen LogP contribution in [0, 0.1) is 0 Å². The Bertz CT molecular complexity index is 1220. The van der Waals surface area contributed by atoms with Crippen LogP contribution in [-0.4, -0.2) is 53.4 Å². The Labute approximate surface area is 210 Å². The highest BCUT2D eigenvalue weighted by Gasteiger charge is 2.40. The summed E-state index contributed by atoms with van der Waals surface area (Å²) in [6, 6.07) is 9.78. The van der Waals surface area contributed by atoms with E-state index in [1.807, 2.05) is 24.4 Å². The second-order valence-corrected chi connectivity index (χ2v) is 10.5. The van der Waals surface area contributed by atoms with Gasteiger partial charge in [-0.15, -0.1) is 0 Å². The van der Waals surface area contributed by atoms with Crippen LogP contribution in [0.2, 0.25) is 0 Å². The summed E-state index contributed by atoms with van der Waals surface area (Å²) in [7, 11) is 5.80.